The van der Waals surface area contributed by atoms with Crippen LogP contribution in [0.5, 0.6) is 0 Å². The van der Waals surface area contributed by atoms with E-state index in [9.17, 15) is 4.53 Å². The smallest absolute Gasteiger partial charge is 0.448 e. The fourth-order valence-corrected chi connectivity index (χ4v) is 0. The summed E-state index contributed by atoms with van der Waals surface area (Å²) in [7, 11) is 0. The minimum Gasteiger partial charge on any atom is -0.448 e. The summed E-state index contributed by atoms with van der Waals surface area (Å²) in [6.07, 6.45) is -1.91. The summed E-state index contributed by atoms with van der Waals surface area (Å²) in [4.78, 5) is 10.9. The SMILES string of the molecule is N.O=C(O)OF. The molecule has 6 heavy (non-hydrogen) atoms. The summed E-state index contributed by atoms with van der Waals surface area (Å²) < 4.78 is 10.0. The quantitative estimate of drug-likeness (QED) is 0.466. The monoisotopic (exact) mass is 97.0 g/mol. The normalized spacial score (nSPS) is 5.50. The second-order valence-electron chi connectivity index (χ2n) is 0.343. The molecule has 0 saturated heterocycles. The van der Waals surface area contributed by atoms with Crippen molar-refractivity contribution < 1.29 is 19.4 Å². The lowest BCUT2D eigenvalue weighted by Gasteiger charge is -1.70. The highest BCUT2D eigenvalue weighted by Gasteiger charge is 1.87. The van der Waals surface area contributed by atoms with Crippen molar-refractivity contribution in [3.05, 3.63) is 0 Å². The molecule has 0 rings (SSSR count). The minimum absolute atomic E-state index is 0. The molecule has 4 N–H and O–H groups in total. The van der Waals surface area contributed by atoms with Gasteiger partial charge in [-0.15, -0.1) is 0 Å². The molecule has 0 fully saturated rings. The average Bonchev–Trinajstić information content (AvgIpc) is 1.38. The van der Waals surface area contributed by atoms with Crippen LogP contribution in [0.25, 0.3) is 0 Å². The molecular formula is CH4FNO3. The Morgan fingerprint density at radius 1 is 1.83 bits per heavy atom. The molecule has 0 radical (unpaired) electrons. The van der Waals surface area contributed by atoms with Crippen molar-refractivity contribution in [2.75, 3.05) is 0 Å². The van der Waals surface area contributed by atoms with Crippen molar-refractivity contribution in [3.8, 4) is 0 Å². The highest BCUT2D eigenvalue weighted by atomic mass is 19.3. The third kappa shape index (κ3) is 11.0. The van der Waals surface area contributed by atoms with Gasteiger partial charge in [0.25, 0.3) is 0 Å². The van der Waals surface area contributed by atoms with Gasteiger partial charge in [-0.05, 0) is 0 Å². The zero-order valence-corrected chi connectivity index (χ0v) is 2.85. The van der Waals surface area contributed by atoms with Crippen molar-refractivity contribution >= 4 is 6.16 Å². The highest BCUT2D eigenvalue weighted by molar-refractivity contribution is 5.55. The minimum atomic E-state index is -1.91. The molecule has 0 aliphatic heterocycles. The van der Waals surface area contributed by atoms with Crippen molar-refractivity contribution in [2.45, 2.75) is 0 Å². The van der Waals surface area contributed by atoms with Crippen LogP contribution in [0.3, 0.4) is 0 Å². The molecule has 0 atom stereocenters. The molecule has 38 valence electrons. The molecule has 0 saturated carbocycles. The molecule has 0 aromatic carbocycles. The molecule has 0 aromatic rings. The van der Waals surface area contributed by atoms with Gasteiger partial charge in [0.1, 0.15) is 0 Å². The maximum atomic E-state index is 10.0. The van der Waals surface area contributed by atoms with Crippen LogP contribution in [0.1, 0.15) is 0 Å². The number of rotatable bonds is 0. The number of halogens is 1. The number of hydrogen-bond donors (Lipinski definition) is 2. The Kier molecular flexibility index (Phi) is 6.20. The van der Waals surface area contributed by atoms with E-state index in [2.05, 4.69) is 4.94 Å². The van der Waals surface area contributed by atoms with Crippen molar-refractivity contribution in [1.82, 2.24) is 6.15 Å². The second-order valence-corrected chi connectivity index (χ2v) is 0.343. The fourth-order valence-electron chi connectivity index (χ4n) is 0. The molecule has 0 spiro atoms. The van der Waals surface area contributed by atoms with E-state index in [0.717, 1.165) is 0 Å². The van der Waals surface area contributed by atoms with Gasteiger partial charge < -0.3 is 11.3 Å². The van der Waals surface area contributed by atoms with Gasteiger partial charge in [0.05, 0.1) is 0 Å². The van der Waals surface area contributed by atoms with E-state index in [4.69, 9.17) is 9.90 Å². The van der Waals surface area contributed by atoms with Gasteiger partial charge >= 0.3 is 6.16 Å². The Balaban J connectivity index is 0. The van der Waals surface area contributed by atoms with Gasteiger partial charge in [-0.25, -0.2) is 9.74 Å². The molecule has 0 aliphatic carbocycles. The fraction of sp³-hybridized carbons (Fsp3) is 0. The molecule has 4 nitrogen and oxygen atoms in total. The Morgan fingerprint density at radius 2 is 2.00 bits per heavy atom. The van der Waals surface area contributed by atoms with Crippen LogP contribution < -0.4 is 6.15 Å². The van der Waals surface area contributed by atoms with Gasteiger partial charge in [0, 0.05) is 4.53 Å². The molecule has 0 aromatic heterocycles. The molecule has 0 bridgehead atoms. The standard InChI is InChI=1S/CHFO3.H3N/c2-5-1(3)4;/h(H,3,4);1H3. The summed E-state index contributed by atoms with van der Waals surface area (Å²) >= 11 is 0. The lowest BCUT2D eigenvalue weighted by molar-refractivity contribution is -0.0884. The van der Waals surface area contributed by atoms with Gasteiger partial charge in [-0.1, -0.05) is 0 Å². The molecule has 0 heterocycles. The van der Waals surface area contributed by atoms with Crippen LogP contribution in [-0.4, -0.2) is 11.3 Å². The zero-order valence-electron chi connectivity index (χ0n) is 2.85. The first-order valence-electron chi connectivity index (χ1n) is 0.786. The molecule has 0 unspecified atom stereocenters. The van der Waals surface area contributed by atoms with Crippen LogP contribution in [0.2, 0.25) is 0 Å². The topological polar surface area (TPSA) is 81.5 Å². The third-order valence-corrected chi connectivity index (χ3v) is 0.0660. The predicted molar refractivity (Wildman–Crippen MR) is 15.2 cm³/mol. The Bertz CT molecular complexity index is 46.1. The summed E-state index contributed by atoms with van der Waals surface area (Å²) in [5, 5.41) is 7.12. The summed E-state index contributed by atoms with van der Waals surface area (Å²) in [5.74, 6) is 0. The van der Waals surface area contributed by atoms with E-state index in [1.54, 1.807) is 0 Å². The lowest BCUT2D eigenvalue weighted by atomic mass is 11.5. The zero-order chi connectivity index (χ0) is 4.28. The van der Waals surface area contributed by atoms with E-state index >= 15 is 0 Å². The first-order chi connectivity index (χ1) is 2.27. The summed E-state index contributed by atoms with van der Waals surface area (Å²) in [6, 6.07) is 0. The summed E-state index contributed by atoms with van der Waals surface area (Å²) in [6.45, 7) is 0. The Hall–Kier alpha value is -0.840. The van der Waals surface area contributed by atoms with Crippen molar-refractivity contribution in [3.63, 3.8) is 0 Å². The van der Waals surface area contributed by atoms with Crippen LogP contribution in [-0.2, 0) is 4.94 Å². The maximum Gasteiger partial charge on any atom is 0.542 e. The van der Waals surface area contributed by atoms with Gasteiger partial charge in [0.2, 0.25) is 0 Å². The Morgan fingerprint density at radius 3 is 2.00 bits per heavy atom. The first kappa shape index (κ1) is 8.94. The number of carbonyl (C=O) groups is 1. The van der Waals surface area contributed by atoms with E-state index in [1.165, 1.54) is 0 Å². The summed E-state index contributed by atoms with van der Waals surface area (Å²) in [5.41, 5.74) is 0. The van der Waals surface area contributed by atoms with Crippen LogP contribution in [0.4, 0.5) is 9.32 Å². The molecule has 0 amide bonds. The van der Waals surface area contributed by atoms with Crippen molar-refractivity contribution in [1.29, 1.82) is 0 Å². The second kappa shape index (κ2) is 4.16. The van der Waals surface area contributed by atoms with Crippen LogP contribution >= 0.6 is 0 Å². The van der Waals surface area contributed by atoms with E-state index < -0.39 is 6.16 Å². The van der Waals surface area contributed by atoms with Gasteiger partial charge in [-0.2, -0.15) is 0 Å². The highest BCUT2D eigenvalue weighted by Crippen LogP contribution is 1.69. The van der Waals surface area contributed by atoms with Gasteiger partial charge in [-0.3, -0.25) is 0 Å². The van der Waals surface area contributed by atoms with E-state index in [0.29, 0.717) is 0 Å². The Labute approximate surface area is 33.0 Å². The predicted octanol–water partition coefficient (Wildman–Crippen LogP) is 0.728. The largest absolute Gasteiger partial charge is 0.542 e. The molecule has 5 heteroatoms. The van der Waals surface area contributed by atoms with Crippen molar-refractivity contribution in [2.24, 2.45) is 0 Å². The van der Waals surface area contributed by atoms with E-state index in [-0.39, 0.29) is 6.15 Å². The molecular weight excluding hydrogens is 93.0 g/mol. The maximum absolute atomic E-state index is 10.0. The first-order valence-corrected chi connectivity index (χ1v) is 0.786. The average molecular weight is 97.0 g/mol. The number of hydrogen-bond acceptors (Lipinski definition) is 3. The number of carboxylic acid groups (broad SMARTS) is 1. The van der Waals surface area contributed by atoms with Crippen LogP contribution in [0.15, 0.2) is 0 Å². The molecule has 0 aliphatic rings. The lowest BCUT2D eigenvalue weighted by Crippen LogP contribution is -1.86. The van der Waals surface area contributed by atoms with E-state index in [1.807, 2.05) is 0 Å². The van der Waals surface area contributed by atoms with Gasteiger partial charge in [0.15, 0.2) is 0 Å². The van der Waals surface area contributed by atoms with Crippen LogP contribution in [0, 0.1) is 0 Å². The third-order valence-electron chi connectivity index (χ3n) is 0.0660.